The molecule has 2 heterocycles. The molecule has 1 aromatic carbocycles. The second kappa shape index (κ2) is 6.96. The number of ether oxygens (including phenoxy) is 1. The molecule has 0 saturated carbocycles. The highest BCUT2D eigenvalue weighted by atomic mass is 19.1. The molecule has 1 fully saturated rings. The van der Waals surface area contributed by atoms with Crippen molar-refractivity contribution in [2.45, 2.75) is 19.6 Å². The molecule has 1 N–H and O–H groups in total. The van der Waals surface area contributed by atoms with Gasteiger partial charge in [-0.25, -0.2) is 18.3 Å². The Morgan fingerprint density at radius 2 is 2.29 bits per heavy atom. The zero-order valence-electron chi connectivity index (χ0n) is 13.2. The summed E-state index contributed by atoms with van der Waals surface area (Å²) in [5, 5.41) is 6.85. The van der Waals surface area contributed by atoms with Crippen molar-refractivity contribution in [3.63, 3.8) is 0 Å². The van der Waals surface area contributed by atoms with Gasteiger partial charge in [-0.2, -0.15) is 5.10 Å². The highest BCUT2D eigenvalue weighted by Gasteiger charge is 2.21. The zero-order valence-corrected chi connectivity index (χ0v) is 13.2. The Kier molecular flexibility index (Phi) is 4.75. The van der Waals surface area contributed by atoms with Crippen LogP contribution in [0.4, 0.5) is 13.6 Å². The van der Waals surface area contributed by atoms with Crippen molar-refractivity contribution in [1.82, 2.24) is 20.0 Å². The van der Waals surface area contributed by atoms with Crippen molar-refractivity contribution in [1.29, 1.82) is 0 Å². The Morgan fingerprint density at radius 3 is 3.04 bits per heavy atom. The van der Waals surface area contributed by atoms with E-state index in [9.17, 15) is 13.6 Å². The minimum Gasteiger partial charge on any atom is -0.375 e. The van der Waals surface area contributed by atoms with Crippen LogP contribution in [0.3, 0.4) is 0 Å². The van der Waals surface area contributed by atoms with Gasteiger partial charge >= 0.3 is 6.03 Å². The fraction of sp³-hybridized carbons (Fsp3) is 0.375. The van der Waals surface area contributed by atoms with Crippen LogP contribution in [0, 0.1) is 11.6 Å². The SMILES string of the molecule is C[C@H]1CN(C(=O)NCc2cnn(-c3ccc(F)cc3F)c2)CCO1. The van der Waals surface area contributed by atoms with E-state index in [-0.39, 0.29) is 24.4 Å². The largest absolute Gasteiger partial charge is 0.375 e. The number of benzene rings is 1. The van der Waals surface area contributed by atoms with Crippen molar-refractivity contribution >= 4 is 6.03 Å². The molecular weight excluding hydrogens is 318 g/mol. The summed E-state index contributed by atoms with van der Waals surface area (Å²) in [6, 6.07) is 3.11. The normalized spacial score (nSPS) is 17.8. The van der Waals surface area contributed by atoms with Gasteiger partial charge in [-0.05, 0) is 19.1 Å². The smallest absolute Gasteiger partial charge is 0.317 e. The number of nitrogens with zero attached hydrogens (tertiary/aromatic N) is 3. The van der Waals surface area contributed by atoms with Crippen LogP contribution in [0.15, 0.2) is 30.6 Å². The minimum absolute atomic E-state index is 0.0219. The van der Waals surface area contributed by atoms with Crippen molar-refractivity contribution in [2.75, 3.05) is 19.7 Å². The third kappa shape index (κ3) is 3.70. The number of urea groups is 1. The molecule has 2 aromatic rings. The molecular formula is C16H18F2N4O2. The van der Waals surface area contributed by atoms with E-state index in [0.717, 1.165) is 6.07 Å². The zero-order chi connectivity index (χ0) is 17.1. The molecule has 1 aromatic heterocycles. The molecule has 1 atom stereocenters. The highest BCUT2D eigenvalue weighted by molar-refractivity contribution is 5.74. The number of carbonyl (C=O) groups is 1. The summed E-state index contributed by atoms with van der Waals surface area (Å²) < 4.78 is 33.4. The number of aromatic nitrogens is 2. The van der Waals surface area contributed by atoms with Gasteiger partial charge in [0.1, 0.15) is 11.5 Å². The number of morpholine rings is 1. The summed E-state index contributed by atoms with van der Waals surface area (Å²) in [5.41, 5.74) is 0.865. The molecule has 0 bridgehead atoms. The first-order valence-corrected chi connectivity index (χ1v) is 7.66. The molecule has 8 heteroatoms. The molecule has 0 radical (unpaired) electrons. The van der Waals surface area contributed by atoms with E-state index in [4.69, 9.17) is 4.74 Å². The number of hydrogen-bond acceptors (Lipinski definition) is 3. The molecule has 1 saturated heterocycles. The first-order chi connectivity index (χ1) is 11.5. The van der Waals surface area contributed by atoms with E-state index in [1.165, 1.54) is 23.0 Å². The van der Waals surface area contributed by atoms with Gasteiger partial charge in [0.25, 0.3) is 0 Å². The lowest BCUT2D eigenvalue weighted by Gasteiger charge is -2.31. The monoisotopic (exact) mass is 336 g/mol. The van der Waals surface area contributed by atoms with Gasteiger partial charge in [0, 0.05) is 37.5 Å². The van der Waals surface area contributed by atoms with Gasteiger partial charge in [-0.3, -0.25) is 0 Å². The average molecular weight is 336 g/mol. The maximum absolute atomic E-state index is 13.7. The highest BCUT2D eigenvalue weighted by Crippen LogP contribution is 2.14. The third-order valence-corrected chi connectivity index (χ3v) is 3.76. The van der Waals surface area contributed by atoms with E-state index in [2.05, 4.69) is 10.4 Å². The van der Waals surface area contributed by atoms with Gasteiger partial charge in [-0.15, -0.1) is 0 Å². The van der Waals surface area contributed by atoms with Gasteiger partial charge in [0.2, 0.25) is 0 Å². The van der Waals surface area contributed by atoms with E-state index >= 15 is 0 Å². The van der Waals surface area contributed by atoms with Gasteiger partial charge in [-0.1, -0.05) is 0 Å². The molecule has 1 aliphatic heterocycles. The molecule has 128 valence electrons. The van der Waals surface area contributed by atoms with E-state index in [1.54, 1.807) is 11.1 Å². The van der Waals surface area contributed by atoms with Crippen LogP contribution in [-0.2, 0) is 11.3 Å². The summed E-state index contributed by atoms with van der Waals surface area (Å²) in [5.74, 6) is -1.34. The summed E-state index contributed by atoms with van der Waals surface area (Å²) in [6.07, 6.45) is 3.15. The van der Waals surface area contributed by atoms with Crippen LogP contribution >= 0.6 is 0 Å². The van der Waals surface area contributed by atoms with Crippen LogP contribution in [-0.4, -0.2) is 46.5 Å². The van der Waals surface area contributed by atoms with Crippen LogP contribution in [0.2, 0.25) is 0 Å². The Morgan fingerprint density at radius 1 is 1.46 bits per heavy atom. The molecule has 0 aliphatic carbocycles. The number of carbonyl (C=O) groups excluding carboxylic acids is 1. The van der Waals surface area contributed by atoms with Gasteiger partial charge in [0.05, 0.1) is 18.9 Å². The fourth-order valence-electron chi connectivity index (χ4n) is 2.54. The number of hydrogen-bond donors (Lipinski definition) is 1. The van der Waals surface area contributed by atoms with E-state index in [0.29, 0.717) is 25.3 Å². The molecule has 3 rings (SSSR count). The number of nitrogens with one attached hydrogen (secondary N) is 1. The minimum atomic E-state index is -0.698. The second-order valence-corrected chi connectivity index (χ2v) is 5.68. The summed E-state index contributed by atoms with van der Waals surface area (Å²) in [4.78, 5) is 13.8. The van der Waals surface area contributed by atoms with Crippen LogP contribution in [0.5, 0.6) is 0 Å². The topological polar surface area (TPSA) is 59.4 Å². The predicted octanol–water partition coefficient (Wildman–Crippen LogP) is 2.08. The van der Waals surface area contributed by atoms with Gasteiger partial charge in [0.15, 0.2) is 5.82 Å². The molecule has 2 amide bonds. The Hall–Kier alpha value is -2.48. The Bertz CT molecular complexity index is 735. The molecule has 1 aliphatic rings. The lowest BCUT2D eigenvalue weighted by Crippen LogP contribution is -2.48. The molecule has 24 heavy (non-hydrogen) atoms. The van der Waals surface area contributed by atoms with Crippen molar-refractivity contribution in [2.24, 2.45) is 0 Å². The number of amides is 2. The first-order valence-electron chi connectivity index (χ1n) is 7.66. The molecule has 0 spiro atoms. The maximum Gasteiger partial charge on any atom is 0.317 e. The molecule has 0 unspecified atom stereocenters. The van der Waals surface area contributed by atoms with Crippen LogP contribution < -0.4 is 5.32 Å². The van der Waals surface area contributed by atoms with E-state index < -0.39 is 11.6 Å². The Balaban J connectivity index is 1.61. The van der Waals surface area contributed by atoms with Crippen molar-refractivity contribution in [3.05, 3.63) is 47.8 Å². The first kappa shape index (κ1) is 16.4. The fourth-order valence-corrected chi connectivity index (χ4v) is 2.54. The summed E-state index contributed by atoms with van der Waals surface area (Å²) in [6.45, 7) is 3.81. The third-order valence-electron chi connectivity index (χ3n) is 3.76. The summed E-state index contributed by atoms with van der Waals surface area (Å²) >= 11 is 0. The van der Waals surface area contributed by atoms with Crippen molar-refractivity contribution < 1.29 is 18.3 Å². The van der Waals surface area contributed by atoms with Crippen LogP contribution in [0.25, 0.3) is 5.69 Å². The standard InChI is InChI=1S/C16H18F2N4O2/c1-11-9-21(4-5-24-11)16(23)19-7-12-8-20-22(10-12)15-3-2-13(17)6-14(15)18/h2-3,6,8,10-11H,4-5,7,9H2,1H3,(H,19,23)/t11-/m0/s1. The van der Waals surface area contributed by atoms with Crippen LogP contribution in [0.1, 0.15) is 12.5 Å². The van der Waals surface area contributed by atoms with E-state index in [1.807, 2.05) is 6.92 Å². The number of rotatable bonds is 3. The Labute approximate surface area is 138 Å². The quantitative estimate of drug-likeness (QED) is 0.934. The maximum atomic E-state index is 13.7. The average Bonchev–Trinajstić information content (AvgIpc) is 3.01. The van der Waals surface area contributed by atoms with Gasteiger partial charge < -0.3 is 15.0 Å². The lowest BCUT2D eigenvalue weighted by molar-refractivity contribution is -0.00351. The second-order valence-electron chi connectivity index (χ2n) is 5.68. The molecule has 6 nitrogen and oxygen atoms in total. The summed E-state index contributed by atoms with van der Waals surface area (Å²) in [7, 11) is 0. The lowest BCUT2D eigenvalue weighted by atomic mass is 10.3. The van der Waals surface area contributed by atoms with Crippen molar-refractivity contribution in [3.8, 4) is 5.69 Å². The number of halogens is 2. The predicted molar refractivity (Wildman–Crippen MR) is 82.7 cm³/mol.